The van der Waals surface area contributed by atoms with E-state index in [0.717, 1.165) is 16.6 Å². The SMILES string of the molecule is C=CCNc1c(C(=O)Nc2cccc(C)c2)oc2ccccc12. The quantitative estimate of drug-likeness (QED) is 0.678. The minimum Gasteiger partial charge on any atom is -0.449 e. The summed E-state index contributed by atoms with van der Waals surface area (Å²) in [6.45, 7) is 6.23. The molecular formula is C19H18N2O2. The van der Waals surface area contributed by atoms with Gasteiger partial charge in [0.1, 0.15) is 5.58 Å². The predicted molar refractivity (Wildman–Crippen MR) is 94.0 cm³/mol. The second-order valence-corrected chi connectivity index (χ2v) is 5.30. The van der Waals surface area contributed by atoms with Gasteiger partial charge >= 0.3 is 0 Å². The molecule has 1 aromatic heterocycles. The van der Waals surface area contributed by atoms with Gasteiger partial charge < -0.3 is 15.1 Å². The molecule has 0 aliphatic carbocycles. The molecule has 4 nitrogen and oxygen atoms in total. The van der Waals surface area contributed by atoms with Gasteiger partial charge in [0.05, 0.1) is 5.69 Å². The molecule has 0 aliphatic heterocycles. The molecule has 2 N–H and O–H groups in total. The summed E-state index contributed by atoms with van der Waals surface area (Å²) in [6, 6.07) is 15.2. The number of hydrogen-bond acceptors (Lipinski definition) is 3. The molecular weight excluding hydrogens is 288 g/mol. The van der Waals surface area contributed by atoms with E-state index in [9.17, 15) is 4.79 Å². The van der Waals surface area contributed by atoms with E-state index in [1.54, 1.807) is 6.08 Å². The summed E-state index contributed by atoms with van der Waals surface area (Å²) in [5.41, 5.74) is 3.18. The molecule has 2 aromatic carbocycles. The number of aryl methyl sites for hydroxylation is 1. The zero-order valence-corrected chi connectivity index (χ0v) is 12.9. The van der Waals surface area contributed by atoms with E-state index in [1.807, 2.05) is 55.5 Å². The number of nitrogens with one attached hydrogen (secondary N) is 2. The lowest BCUT2D eigenvalue weighted by molar-refractivity contribution is 0.0999. The summed E-state index contributed by atoms with van der Waals surface area (Å²) in [5.74, 6) is -0.00656. The van der Waals surface area contributed by atoms with Gasteiger partial charge in [0.25, 0.3) is 5.91 Å². The number of carbonyl (C=O) groups is 1. The van der Waals surface area contributed by atoms with Crippen LogP contribution in [0.2, 0.25) is 0 Å². The van der Waals surface area contributed by atoms with Crippen LogP contribution < -0.4 is 10.6 Å². The van der Waals surface area contributed by atoms with E-state index in [0.29, 0.717) is 17.8 Å². The number of carbonyl (C=O) groups excluding carboxylic acids is 1. The Morgan fingerprint density at radius 3 is 2.83 bits per heavy atom. The topological polar surface area (TPSA) is 54.3 Å². The van der Waals surface area contributed by atoms with Gasteiger partial charge in [-0.2, -0.15) is 0 Å². The zero-order chi connectivity index (χ0) is 16.2. The Labute approximate surface area is 134 Å². The molecule has 0 atom stereocenters. The van der Waals surface area contributed by atoms with Crippen molar-refractivity contribution in [3.05, 3.63) is 72.5 Å². The summed E-state index contributed by atoms with van der Waals surface area (Å²) in [5, 5.41) is 6.95. The second kappa shape index (κ2) is 6.40. The highest BCUT2D eigenvalue weighted by Gasteiger charge is 2.20. The van der Waals surface area contributed by atoms with Crippen molar-refractivity contribution in [1.29, 1.82) is 0 Å². The van der Waals surface area contributed by atoms with E-state index in [2.05, 4.69) is 17.2 Å². The smallest absolute Gasteiger partial charge is 0.293 e. The fourth-order valence-corrected chi connectivity index (χ4v) is 2.47. The average Bonchev–Trinajstić information content (AvgIpc) is 2.91. The molecule has 23 heavy (non-hydrogen) atoms. The van der Waals surface area contributed by atoms with Gasteiger partial charge in [-0.25, -0.2) is 0 Å². The summed E-state index contributed by atoms with van der Waals surface area (Å²) in [4.78, 5) is 12.6. The summed E-state index contributed by atoms with van der Waals surface area (Å²) >= 11 is 0. The Morgan fingerprint density at radius 2 is 2.04 bits per heavy atom. The van der Waals surface area contributed by atoms with Crippen LogP contribution in [-0.4, -0.2) is 12.5 Å². The van der Waals surface area contributed by atoms with E-state index < -0.39 is 0 Å². The minimum absolute atomic E-state index is 0.273. The lowest BCUT2D eigenvalue weighted by Gasteiger charge is -2.07. The molecule has 3 rings (SSSR count). The van der Waals surface area contributed by atoms with Crippen LogP contribution in [0.1, 0.15) is 16.1 Å². The fraction of sp³-hybridized carbons (Fsp3) is 0.105. The van der Waals surface area contributed by atoms with Crippen molar-refractivity contribution in [1.82, 2.24) is 0 Å². The van der Waals surface area contributed by atoms with Gasteiger partial charge in [-0.1, -0.05) is 30.3 Å². The number of fused-ring (bicyclic) bond motifs is 1. The highest BCUT2D eigenvalue weighted by Crippen LogP contribution is 2.31. The molecule has 0 saturated heterocycles. The Balaban J connectivity index is 1.97. The van der Waals surface area contributed by atoms with Gasteiger partial charge in [0.2, 0.25) is 5.76 Å². The van der Waals surface area contributed by atoms with Crippen molar-refractivity contribution < 1.29 is 9.21 Å². The molecule has 1 amide bonds. The third-order valence-corrected chi connectivity index (χ3v) is 3.50. The molecule has 0 bridgehead atoms. The van der Waals surface area contributed by atoms with Gasteiger partial charge in [-0.15, -0.1) is 6.58 Å². The van der Waals surface area contributed by atoms with Gasteiger partial charge in [-0.3, -0.25) is 4.79 Å². The van der Waals surface area contributed by atoms with E-state index in [-0.39, 0.29) is 11.7 Å². The largest absolute Gasteiger partial charge is 0.449 e. The number of para-hydroxylation sites is 1. The molecule has 116 valence electrons. The normalized spacial score (nSPS) is 10.5. The molecule has 0 unspecified atom stereocenters. The second-order valence-electron chi connectivity index (χ2n) is 5.30. The third kappa shape index (κ3) is 3.11. The van der Waals surface area contributed by atoms with E-state index in [1.165, 1.54) is 0 Å². The van der Waals surface area contributed by atoms with Crippen LogP contribution in [0, 0.1) is 6.92 Å². The molecule has 3 aromatic rings. The maximum Gasteiger partial charge on any atom is 0.293 e. The summed E-state index contributed by atoms with van der Waals surface area (Å²) in [6.07, 6.45) is 1.74. The average molecular weight is 306 g/mol. The minimum atomic E-state index is -0.279. The zero-order valence-electron chi connectivity index (χ0n) is 12.9. The van der Waals surface area contributed by atoms with Gasteiger partial charge in [-0.05, 0) is 36.8 Å². The Bertz CT molecular complexity index is 865. The summed E-state index contributed by atoms with van der Waals surface area (Å²) < 4.78 is 5.75. The number of anilines is 2. The van der Waals surface area contributed by atoms with Crippen LogP contribution in [0.4, 0.5) is 11.4 Å². The number of furan rings is 1. The van der Waals surface area contributed by atoms with Crippen LogP contribution >= 0.6 is 0 Å². The molecule has 0 saturated carbocycles. The maximum absolute atomic E-state index is 12.6. The fourth-order valence-electron chi connectivity index (χ4n) is 2.47. The summed E-state index contributed by atoms with van der Waals surface area (Å²) in [7, 11) is 0. The number of amides is 1. The molecule has 0 aliphatic rings. The lowest BCUT2D eigenvalue weighted by Crippen LogP contribution is -2.13. The van der Waals surface area contributed by atoms with Crippen molar-refractivity contribution in [3.8, 4) is 0 Å². The Morgan fingerprint density at radius 1 is 1.22 bits per heavy atom. The molecule has 1 heterocycles. The number of rotatable bonds is 5. The lowest BCUT2D eigenvalue weighted by atomic mass is 10.2. The van der Waals surface area contributed by atoms with Crippen LogP contribution in [0.15, 0.2) is 65.6 Å². The monoisotopic (exact) mass is 306 g/mol. The van der Waals surface area contributed by atoms with Crippen molar-refractivity contribution in [2.45, 2.75) is 6.92 Å². The van der Waals surface area contributed by atoms with Crippen LogP contribution in [0.3, 0.4) is 0 Å². The van der Waals surface area contributed by atoms with E-state index >= 15 is 0 Å². The van der Waals surface area contributed by atoms with Crippen LogP contribution in [0.5, 0.6) is 0 Å². The number of hydrogen-bond donors (Lipinski definition) is 2. The molecule has 4 heteroatoms. The van der Waals surface area contributed by atoms with Gasteiger partial charge in [0.15, 0.2) is 0 Å². The number of benzene rings is 2. The molecule has 0 spiro atoms. The van der Waals surface area contributed by atoms with Crippen LogP contribution in [-0.2, 0) is 0 Å². The van der Waals surface area contributed by atoms with Crippen molar-refractivity contribution in [3.63, 3.8) is 0 Å². The Hall–Kier alpha value is -3.01. The van der Waals surface area contributed by atoms with Crippen molar-refractivity contribution in [2.24, 2.45) is 0 Å². The molecule has 0 radical (unpaired) electrons. The first-order valence-electron chi connectivity index (χ1n) is 7.43. The highest BCUT2D eigenvalue weighted by atomic mass is 16.3. The first kappa shape index (κ1) is 14.9. The van der Waals surface area contributed by atoms with Crippen molar-refractivity contribution >= 4 is 28.3 Å². The first-order chi connectivity index (χ1) is 11.2. The Kier molecular flexibility index (Phi) is 4.15. The standard InChI is InChI=1S/C19H18N2O2/c1-3-11-20-17-15-9-4-5-10-16(15)23-18(17)19(22)21-14-8-6-7-13(2)12-14/h3-10,12,20H,1,11H2,2H3,(H,21,22). The first-order valence-corrected chi connectivity index (χ1v) is 7.43. The van der Waals surface area contributed by atoms with Crippen molar-refractivity contribution in [2.75, 3.05) is 17.2 Å². The van der Waals surface area contributed by atoms with Crippen LogP contribution in [0.25, 0.3) is 11.0 Å². The highest BCUT2D eigenvalue weighted by molar-refractivity contribution is 6.11. The van der Waals surface area contributed by atoms with E-state index in [4.69, 9.17) is 4.42 Å². The third-order valence-electron chi connectivity index (χ3n) is 3.50. The maximum atomic E-state index is 12.6. The van der Waals surface area contributed by atoms with Gasteiger partial charge in [0, 0.05) is 17.6 Å². The molecule has 0 fully saturated rings. The predicted octanol–water partition coefficient (Wildman–Crippen LogP) is 4.59.